The highest BCUT2D eigenvalue weighted by molar-refractivity contribution is 5.39. The minimum Gasteiger partial charge on any atom is -0.367 e. The highest BCUT2D eigenvalue weighted by atomic mass is 16.5. The lowest BCUT2D eigenvalue weighted by atomic mass is 10.0. The molecule has 0 unspecified atom stereocenters. The largest absolute Gasteiger partial charge is 0.367 e. The minimum atomic E-state index is 0.463. The summed E-state index contributed by atoms with van der Waals surface area (Å²) in [7, 11) is 0. The molecule has 0 atom stereocenters. The summed E-state index contributed by atoms with van der Waals surface area (Å²) >= 11 is 0. The summed E-state index contributed by atoms with van der Waals surface area (Å²) in [5.74, 6) is 0.463. The van der Waals surface area contributed by atoms with Crippen LogP contribution in [0.1, 0.15) is 23.7 Å². The van der Waals surface area contributed by atoms with Gasteiger partial charge in [0.25, 0.3) is 0 Å². The lowest BCUT2D eigenvalue weighted by molar-refractivity contribution is 0.427. The molecule has 0 fully saturated rings. The number of hydrogen-bond donors (Lipinski definition) is 1. The number of benzene rings is 1. The second kappa shape index (κ2) is 4.84. The Kier molecular flexibility index (Phi) is 3.25. The molecule has 0 bridgehead atoms. The molecular weight excluding hydrogens is 200 g/mol. The second-order valence-corrected chi connectivity index (χ2v) is 3.81. The van der Waals surface area contributed by atoms with E-state index in [2.05, 4.69) is 24.2 Å². The van der Waals surface area contributed by atoms with Crippen LogP contribution in [0, 0.1) is 0 Å². The van der Waals surface area contributed by atoms with Gasteiger partial charge in [0.15, 0.2) is 0 Å². The van der Waals surface area contributed by atoms with Crippen LogP contribution in [-0.2, 0) is 19.3 Å². The topological polar surface area (TPSA) is 52.0 Å². The monoisotopic (exact) mass is 216 g/mol. The van der Waals surface area contributed by atoms with E-state index in [1.807, 2.05) is 18.2 Å². The van der Waals surface area contributed by atoms with E-state index < -0.39 is 0 Å². The van der Waals surface area contributed by atoms with Crippen LogP contribution in [0.2, 0.25) is 0 Å². The maximum Gasteiger partial charge on any atom is 0.225 e. The number of aromatic nitrogens is 1. The van der Waals surface area contributed by atoms with Gasteiger partial charge >= 0.3 is 0 Å². The molecule has 0 spiro atoms. The Morgan fingerprint density at radius 2 is 1.94 bits per heavy atom. The molecule has 1 aromatic carbocycles. The molecule has 2 rings (SSSR count). The van der Waals surface area contributed by atoms with E-state index >= 15 is 0 Å². The van der Waals surface area contributed by atoms with E-state index in [0.29, 0.717) is 5.88 Å². The van der Waals surface area contributed by atoms with Gasteiger partial charge < -0.3 is 10.3 Å². The number of aryl methyl sites for hydroxylation is 2. The van der Waals surface area contributed by atoms with Crippen molar-refractivity contribution in [1.82, 2.24) is 5.16 Å². The SMILES string of the molecule is CCc1c(CCc2ccccc2)noc1N. The summed E-state index contributed by atoms with van der Waals surface area (Å²) in [5, 5.41) is 4.00. The molecule has 84 valence electrons. The van der Waals surface area contributed by atoms with E-state index in [0.717, 1.165) is 30.5 Å². The van der Waals surface area contributed by atoms with Crippen molar-refractivity contribution in [3.8, 4) is 0 Å². The third kappa shape index (κ3) is 2.24. The highest BCUT2D eigenvalue weighted by Crippen LogP contribution is 2.18. The predicted octanol–water partition coefficient (Wildman–Crippen LogP) is 2.60. The quantitative estimate of drug-likeness (QED) is 0.854. The van der Waals surface area contributed by atoms with Gasteiger partial charge in [-0.3, -0.25) is 0 Å². The molecule has 0 aliphatic carbocycles. The summed E-state index contributed by atoms with van der Waals surface area (Å²) in [5.41, 5.74) is 9.04. The van der Waals surface area contributed by atoms with E-state index in [4.69, 9.17) is 10.3 Å². The van der Waals surface area contributed by atoms with Crippen LogP contribution in [0.3, 0.4) is 0 Å². The number of nitrogens with two attached hydrogens (primary N) is 1. The third-order valence-electron chi connectivity index (χ3n) is 2.75. The van der Waals surface area contributed by atoms with E-state index in [9.17, 15) is 0 Å². The molecule has 16 heavy (non-hydrogen) atoms. The standard InChI is InChI=1S/C13H16N2O/c1-2-11-12(15-16-13(11)14)9-8-10-6-4-3-5-7-10/h3-7H,2,8-9,14H2,1H3. The van der Waals surface area contributed by atoms with Crippen molar-refractivity contribution in [2.24, 2.45) is 0 Å². The molecule has 0 saturated carbocycles. The van der Waals surface area contributed by atoms with Crippen molar-refractivity contribution in [1.29, 1.82) is 0 Å². The highest BCUT2D eigenvalue weighted by Gasteiger charge is 2.11. The molecule has 0 amide bonds. The van der Waals surface area contributed by atoms with Crippen LogP contribution in [0.25, 0.3) is 0 Å². The zero-order chi connectivity index (χ0) is 11.4. The van der Waals surface area contributed by atoms with Crippen molar-refractivity contribution in [2.45, 2.75) is 26.2 Å². The lowest BCUT2D eigenvalue weighted by Gasteiger charge is -2.00. The van der Waals surface area contributed by atoms with Gasteiger partial charge in [-0.25, -0.2) is 0 Å². The number of rotatable bonds is 4. The normalized spacial score (nSPS) is 10.6. The van der Waals surface area contributed by atoms with Gasteiger partial charge in [0.05, 0.1) is 5.69 Å². The molecular formula is C13H16N2O. The van der Waals surface area contributed by atoms with E-state index in [-0.39, 0.29) is 0 Å². The first-order chi connectivity index (χ1) is 7.81. The van der Waals surface area contributed by atoms with Gasteiger partial charge in [-0.15, -0.1) is 0 Å². The first kappa shape index (κ1) is 10.7. The van der Waals surface area contributed by atoms with Crippen molar-refractivity contribution < 1.29 is 4.52 Å². The van der Waals surface area contributed by atoms with Crippen LogP contribution >= 0.6 is 0 Å². The molecule has 3 nitrogen and oxygen atoms in total. The van der Waals surface area contributed by atoms with Crippen LogP contribution in [0.4, 0.5) is 5.88 Å². The van der Waals surface area contributed by atoms with E-state index in [1.165, 1.54) is 5.56 Å². The predicted molar refractivity (Wildman–Crippen MR) is 64.1 cm³/mol. The molecule has 1 aromatic heterocycles. The maximum absolute atomic E-state index is 5.69. The average molecular weight is 216 g/mol. The lowest BCUT2D eigenvalue weighted by Crippen LogP contribution is -1.96. The maximum atomic E-state index is 5.69. The number of hydrogen-bond acceptors (Lipinski definition) is 3. The average Bonchev–Trinajstić information content (AvgIpc) is 2.68. The molecule has 3 heteroatoms. The Balaban J connectivity index is 2.05. The van der Waals surface area contributed by atoms with Gasteiger partial charge in [-0.1, -0.05) is 42.4 Å². The van der Waals surface area contributed by atoms with Gasteiger partial charge in [0.2, 0.25) is 5.88 Å². The van der Waals surface area contributed by atoms with E-state index in [1.54, 1.807) is 0 Å². The van der Waals surface area contributed by atoms with Gasteiger partial charge in [0, 0.05) is 5.56 Å². The Bertz CT molecular complexity index is 448. The Hall–Kier alpha value is -1.77. The molecule has 0 aliphatic rings. The Labute approximate surface area is 95.3 Å². The fraction of sp³-hybridized carbons (Fsp3) is 0.308. The molecule has 2 N–H and O–H groups in total. The van der Waals surface area contributed by atoms with Crippen LogP contribution in [0.5, 0.6) is 0 Å². The summed E-state index contributed by atoms with van der Waals surface area (Å²) in [4.78, 5) is 0. The van der Waals surface area contributed by atoms with Crippen LogP contribution < -0.4 is 5.73 Å². The first-order valence-electron chi connectivity index (χ1n) is 5.58. The molecule has 0 aliphatic heterocycles. The Morgan fingerprint density at radius 1 is 1.19 bits per heavy atom. The second-order valence-electron chi connectivity index (χ2n) is 3.81. The van der Waals surface area contributed by atoms with Crippen molar-refractivity contribution >= 4 is 5.88 Å². The van der Waals surface area contributed by atoms with Crippen molar-refractivity contribution in [2.75, 3.05) is 5.73 Å². The first-order valence-corrected chi connectivity index (χ1v) is 5.58. The fourth-order valence-electron chi connectivity index (χ4n) is 1.84. The smallest absolute Gasteiger partial charge is 0.225 e. The van der Waals surface area contributed by atoms with Gasteiger partial charge in [0.1, 0.15) is 0 Å². The number of anilines is 1. The van der Waals surface area contributed by atoms with Crippen molar-refractivity contribution in [3.63, 3.8) is 0 Å². The molecule has 0 radical (unpaired) electrons. The van der Waals surface area contributed by atoms with Crippen LogP contribution in [0.15, 0.2) is 34.9 Å². The van der Waals surface area contributed by atoms with Crippen molar-refractivity contribution in [3.05, 3.63) is 47.2 Å². The number of nitrogens with zero attached hydrogens (tertiary/aromatic N) is 1. The Morgan fingerprint density at radius 3 is 2.62 bits per heavy atom. The summed E-state index contributed by atoms with van der Waals surface area (Å²) in [6.07, 6.45) is 2.73. The van der Waals surface area contributed by atoms with Gasteiger partial charge in [-0.2, -0.15) is 0 Å². The zero-order valence-corrected chi connectivity index (χ0v) is 9.44. The third-order valence-corrected chi connectivity index (χ3v) is 2.75. The van der Waals surface area contributed by atoms with Gasteiger partial charge in [-0.05, 0) is 24.8 Å². The summed E-state index contributed by atoms with van der Waals surface area (Å²) in [6, 6.07) is 10.4. The molecule has 2 aromatic rings. The summed E-state index contributed by atoms with van der Waals surface area (Å²) < 4.78 is 5.00. The molecule has 0 saturated heterocycles. The molecule has 1 heterocycles. The van der Waals surface area contributed by atoms with Crippen LogP contribution in [-0.4, -0.2) is 5.16 Å². The number of nitrogen functional groups attached to an aromatic ring is 1. The minimum absolute atomic E-state index is 0.463. The summed E-state index contributed by atoms with van der Waals surface area (Å²) in [6.45, 7) is 2.06. The zero-order valence-electron chi connectivity index (χ0n) is 9.44. The fourth-order valence-corrected chi connectivity index (χ4v) is 1.84.